The van der Waals surface area contributed by atoms with E-state index < -0.39 is 5.97 Å². The normalized spacial score (nSPS) is 16.3. The van der Waals surface area contributed by atoms with E-state index in [0.717, 1.165) is 30.8 Å². The highest BCUT2D eigenvalue weighted by atomic mass is 32.1. The van der Waals surface area contributed by atoms with Gasteiger partial charge >= 0.3 is 11.9 Å². The molecule has 122 valence electrons. The van der Waals surface area contributed by atoms with Crippen molar-refractivity contribution in [2.75, 3.05) is 34.4 Å². The number of esters is 2. The number of carbonyl (C=O) groups excluding carboxylic acids is 2. The first-order valence-electron chi connectivity index (χ1n) is 7.01. The van der Waals surface area contributed by atoms with Crippen molar-refractivity contribution >= 4 is 23.5 Å². The van der Waals surface area contributed by atoms with Crippen molar-refractivity contribution in [2.45, 2.75) is 19.4 Å². The van der Waals surface area contributed by atoms with Crippen LogP contribution in [0, 0.1) is 5.92 Å². The Hall–Kier alpha value is -1.67. The summed E-state index contributed by atoms with van der Waals surface area (Å²) in [6.45, 7) is 2.15. The molecule has 0 saturated carbocycles. The van der Waals surface area contributed by atoms with Gasteiger partial charge in [0.25, 0.3) is 0 Å². The number of methoxy groups -OCH3 is 3. The maximum atomic E-state index is 11.9. The molecule has 2 heterocycles. The summed E-state index contributed by atoms with van der Waals surface area (Å²) in [5, 5.41) is 0. The van der Waals surface area contributed by atoms with E-state index in [1.807, 2.05) is 0 Å². The van der Waals surface area contributed by atoms with Gasteiger partial charge in [0, 0.05) is 6.54 Å². The summed E-state index contributed by atoms with van der Waals surface area (Å²) in [7, 11) is 4.24. The molecule has 0 aliphatic carbocycles. The van der Waals surface area contributed by atoms with Crippen LogP contribution < -0.4 is 4.74 Å². The van der Waals surface area contributed by atoms with Crippen LogP contribution in [0.25, 0.3) is 0 Å². The van der Waals surface area contributed by atoms with Gasteiger partial charge in [-0.1, -0.05) is 0 Å². The van der Waals surface area contributed by atoms with Gasteiger partial charge in [0.15, 0.2) is 0 Å². The van der Waals surface area contributed by atoms with Crippen molar-refractivity contribution in [3.05, 3.63) is 10.4 Å². The summed E-state index contributed by atoms with van der Waals surface area (Å²) >= 11 is 1.24. The lowest BCUT2D eigenvalue weighted by atomic mass is 9.97. The smallest absolute Gasteiger partial charge is 0.344 e. The standard InChI is InChI=1S/C14H20N2O5S/c1-19-12-11(14(18)21-3)10(22-15-12)8-16-6-4-9(5-7-16)13(17)20-2/h9H,4-8H2,1-3H3. The molecule has 1 aliphatic heterocycles. The maximum absolute atomic E-state index is 11.9. The van der Waals surface area contributed by atoms with E-state index in [0.29, 0.717) is 18.0 Å². The first-order valence-corrected chi connectivity index (χ1v) is 7.79. The topological polar surface area (TPSA) is 78.0 Å². The number of rotatable bonds is 5. The molecule has 0 unspecified atom stereocenters. The third kappa shape index (κ3) is 3.56. The fourth-order valence-electron chi connectivity index (χ4n) is 2.55. The lowest BCUT2D eigenvalue weighted by Gasteiger charge is -2.30. The van der Waals surface area contributed by atoms with Crippen molar-refractivity contribution in [2.24, 2.45) is 5.92 Å². The second kappa shape index (κ2) is 7.55. The molecule has 0 atom stereocenters. The fraction of sp³-hybridized carbons (Fsp3) is 0.643. The third-order valence-corrected chi connectivity index (χ3v) is 4.61. The zero-order valence-electron chi connectivity index (χ0n) is 13.0. The van der Waals surface area contributed by atoms with Gasteiger partial charge in [-0.3, -0.25) is 9.69 Å². The number of hydrogen-bond acceptors (Lipinski definition) is 8. The monoisotopic (exact) mass is 328 g/mol. The van der Waals surface area contributed by atoms with E-state index in [1.165, 1.54) is 32.9 Å². The van der Waals surface area contributed by atoms with Crippen LogP contribution in [0.1, 0.15) is 28.1 Å². The lowest BCUT2D eigenvalue weighted by molar-refractivity contribution is -0.147. The number of likely N-dealkylation sites (tertiary alicyclic amines) is 1. The minimum Gasteiger partial charge on any atom is -0.480 e. The summed E-state index contributed by atoms with van der Waals surface area (Å²) in [5.41, 5.74) is 0.394. The van der Waals surface area contributed by atoms with Crippen molar-refractivity contribution in [1.29, 1.82) is 0 Å². The molecule has 1 saturated heterocycles. The molecular weight excluding hydrogens is 308 g/mol. The number of piperidine rings is 1. The first-order chi connectivity index (χ1) is 10.6. The predicted molar refractivity (Wildman–Crippen MR) is 80.0 cm³/mol. The SMILES string of the molecule is COC(=O)c1c(OC)nsc1CN1CCC(C(=O)OC)CC1. The van der Waals surface area contributed by atoms with E-state index >= 15 is 0 Å². The molecule has 0 N–H and O–H groups in total. The molecule has 22 heavy (non-hydrogen) atoms. The second-order valence-electron chi connectivity index (χ2n) is 5.06. The Bertz CT molecular complexity index is 537. The molecule has 1 aliphatic rings. The zero-order valence-corrected chi connectivity index (χ0v) is 13.8. The molecular formula is C14H20N2O5S. The van der Waals surface area contributed by atoms with E-state index in [9.17, 15) is 9.59 Å². The van der Waals surface area contributed by atoms with Gasteiger partial charge in [-0.2, -0.15) is 4.37 Å². The van der Waals surface area contributed by atoms with Crippen LogP contribution >= 0.6 is 11.5 Å². The fourth-order valence-corrected chi connectivity index (χ4v) is 3.42. The summed E-state index contributed by atoms with van der Waals surface area (Å²) < 4.78 is 18.8. The van der Waals surface area contributed by atoms with Crippen LogP contribution in [0.3, 0.4) is 0 Å². The van der Waals surface area contributed by atoms with Gasteiger partial charge in [0.2, 0.25) is 5.88 Å². The Balaban J connectivity index is 2.02. The summed E-state index contributed by atoms with van der Waals surface area (Å²) in [6, 6.07) is 0. The van der Waals surface area contributed by atoms with Crippen LogP contribution in [-0.4, -0.2) is 55.6 Å². The van der Waals surface area contributed by atoms with Gasteiger partial charge < -0.3 is 14.2 Å². The molecule has 0 amide bonds. The van der Waals surface area contributed by atoms with Gasteiger partial charge in [-0.05, 0) is 37.5 Å². The highest BCUT2D eigenvalue weighted by molar-refractivity contribution is 7.06. The molecule has 0 radical (unpaired) electrons. The van der Waals surface area contributed by atoms with Gasteiger partial charge in [-0.25, -0.2) is 4.79 Å². The molecule has 0 spiro atoms. The number of aromatic nitrogens is 1. The van der Waals surface area contributed by atoms with Crippen molar-refractivity contribution in [1.82, 2.24) is 9.27 Å². The van der Waals surface area contributed by atoms with Crippen LogP contribution in [0.15, 0.2) is 0 Å². The van der Waals surface area contributed by atoms with Crippen LogP contribution in [0.5, 0.6) is 5.88 Å². The molecule has 0 aromatic carbocycles. The Morgan fingerprint density at radius 2 is 1.91 bits per heavy atom. The minimum absolute atomic E-state index is 0.0303. The van der Waals surface area contributed by atoms with E-state index in [-0.39, 0.29) is 11.9 Å². The second-order valence-corrected chi connectivity index (χ2v) is 5.91. The Labute approximate surface area is 133 Å². The number of nitrogens with zero attached hydrogens (tertiary/aromatic N) is 2. The molecule has 8 heteroatoms. The zero-order chi connectivity index (χ0) is 16.1. The molecule has 1 aromatic heterocycles. The average molecular weight is 328 g/mol. The van der Waals surface area contributed by atoms with Gasteiger partial charge in [0.05, 0.1) is 32.1 Å². The summed E-state index contributed by atoms with van der Waals surface area (Å²) in [6.07, 6.45) is 1.52. The van der Waals surface area contributed by atoms with Crippen LogP contribution in [0.2, 0.25) is 0 Å². The Morgan fingerprint density at radius 3 is 2.45 bits per heavy atom. The summed E-state index contributed by atoms with van der Waals surface area (Å²) in [4.78, 5) is 26.4. The van der Waals surface area contributed by atoms with E-state index in [4.69, 9.17) is 14.2 Å². The number of ether oxygens (including phenoxy) is 3. The van der Waals surface area contributed by atoms with E-state index in [1.54, 1.807) is 0 Å². The quantitative estimate of drug-likeness (QED) is 0.754. The molecule has 2 rings (SSSR count). The average Bonchev–Trinajstić information content (AvgIpc) is 2.96. The highest BCUT2D eigenvalue weighted by Gasteiger charge is 2.28. The van der Waals surface area contributed by atoms with Crippen molar-refractivity contribution in [3.63, 3.8) is 0 Å². The van der Waals surface area contributed by atoms with Gasteiger partial charge in [-0.15, -0.1) is 0 Å². The number of carbonyl (C=O) groups is 2. The molecule has 1 aromatic rings. The summed E-state index contributed by atoms with van der Waals surface area (Å²) in [5.74, 6) is -0.312. The number of hydrogen-bond donors (Lipinski definition) is 0. The Morgan fingerprint density at radius 1 is 1.23 bits per heavy atom. The molecule has 7 nitrogen and oxygen atoms in total. The predicted octanol–water partition coefficient (Wildman–Crippen LogP) is 1.32. The molecule has 0 bridgehead atoms. The minimum atomic E-state index is -0.440. The van der Waals surface area contributed by atoms with Gasteiger partial charge in [0.1, 0.15) is 5.56 Å². The maximum Gasteiger partial charge on any atom is 0.344 e. The molecule has 1 fully saturated rings. The van der Waals surface area contributed by atoms with Crippen molar-refractivity contribution in [3.8, 4) is 5.88 Å². The van der Waals surface area contributed by atoms with Crippen LogP contribution in [0.4, 0.5) is 0 Å². The first kappa shape index (κ1) is 16.7. The van der Waals surface area contributed by atoms with E-state index in [2.05, 4.69) is 9.27 Å². The third-order valence-electron chi connectivity index (χ3n) is 3.80. The highest BCUT2D eigenvalue weighted by Crippen LogP contribution is 2.29. The Kier molecular flexibility index (Phi) is 5.73. The van der Waals surface area contributed by atoms with Crippen molar-refractivity contribution < 1.29 is 23.8 Å². The lowest BCUT2D eigenvalue weighted by Crippen LogP contribution is -2.36. The largest absolute Gasteiger partial charge is 0.480 e. The van der Waals surface area contributed by atoms with Crippen LogP contribution in [-0.2, 0) is 20.8 Å².